The zero-order valence-corrected chi connectivity index (χ0v) is 18.6. The molecule has 0 saturated heterocycles. The van der Waals surface area contributed by atoms with Gasteiger partial charge in [-0.15, -0.1) is 10.2 Å². The van der Waals surface area contributed by atoms with Crippen molar-refractivity contribution in [3.8, 4) is 17.1 Å². The molecule has 1 aromatic heterocycles. The molecule has 0 bridgehead atoms. The van der Waals surface area contributed by atoms with E-state index in [1.807, 2.05) is 61.0 Å². The van der Waals surface area contributed by atoms with Gasteiger partial charge in [0.1, 0.15) is 5.75 Å². The number of benzene rings is 2. The maximum absolute atomic E-state index is 12.9. The standard InChI is InChI=1S/C23H28N4O2S/c1-5-9-20(17-10-7-6-8-11-17)24-22(28)16(2)30-23-26-25-21(27(23)3)18-12-14-19(29-4)15-13-18/h6-8,10-16,20H,5,9H2,1-4H3,(H,24,28)/t16-,20+/m1/s1. The fraction of sp³-hybridized carbons (Fsp3) is 0.348. The van der Waals surface area contributed by atoms with Crippen LogP contribution in [0.1, 0.15) is 38.3 Å². The minimum Gasteiger partial charge on any atom is -0.497 e. The number of thioether (sulfide) groups is 1. The number of carbonyl (C=O) groups is 1. The van der Waals surface area contributed by atoms with Crippen LogP contribution in [0.15, 0.2) is 59.8 Å². The molecular formula is C23H28N4O2S. The molecule has 0 unspecified atom stereocenters. The van der Waals surface area contributed by atoms with E-state index in [2.05, 4.69) is 34.6 Å². The Bertz CT molecular complexity index is 957. The largest absolute Gasteiger partial charge is 0.497 e. The second kappa shape index (κ2) is 10.3. The van der Waals surface area contributed by atoms with Crippen LogP contribution in [-0.4, -0.2) is 33.0 Å². The predicted octanol–water partition coefficient (Wildman–Crippen LogP) is 4.63. The van der Waals surface area contributed by atoms with E-state index < -0.39 is 0 Å². The van der Waals surface area contributed by atoms with Crippen molar-refractivity contribution >= 4 is 17.7 Å². The fourth-order valence-electron chi connectivity index (χ4n) is 3.21. The molecule has 1 N–H and O–H groups in total. The lowest BCUT2D eigenvalue weighted by Gasteiger charge is -2.21. The van der Waals surface area contributed by atoms with Crippen LogP contribution in [0.4, 0.5) is 0 Å². The van der Waals surface area contributed by atoms with Gasteiger partial charge < -0.3 is 14.6 Å². The predicted molar refractivity (Wildman–Crippen MR) is 121 cm³/mol. The zero-order valence-electron chi connectivity index (χ0n) is 17.8. The molecule has 0 aliphatic rings. The van der Waals surface area contributed by atoms with E-state index in [1.165, 1.54) is 11.8 Å². The SMILES string of the molecule is CCC[C@H](NC(=O)[C@@H](C)Sc1nnc(-c2ccc(OC)cc2)n1C)c1ccccc1. The van der Waals surface area contributed by atoms with Gasteiger partial charge >= 0.3 is 0 Å². The van der Waals surface area contributed by atoms with Gasteiger partial charge in [0.05, 0.1) is 18.4 Å². The maximum atomic E-state index is 12.9. The summed E-state index contributed by atoms with van der Waals surface area (Å²) in [4.78, 5) is 12.9. The van der Waals surface area contributed by atoms with Crippen LogP contribution in [0.25, 0.3) is 11.4 Å². The van der Waals surface area contributed by atoms with Gasteiger partial charge in [0.15, 0.2) is 11.0 Å². The molecule has 6 nitrogen and oxygen atoms in total. The average Bonchev–Trinajstić information content (AvgIpc) is 3.14. The first-order valence-corrected chi connectivity index (χ1v) is 11.0. The van der Waals surface area contributed by atoms with Crippen LogP contribution in [0, 0.1) is 0 Å². The molecule has 3 rings (SSSR count). The molecular weight excluding hydrogens is 396 g/mol. The summed E-state index contributed by atoms with van der Waals surface area (Å²) in [6.07, 6.45) is 1.90. The molecule has 3 aromatic rings. The van der Waals surface area contributed by atoms with Gasteiger partial charge in [0.2, 0.25) is 5.91 Å². The van der Waals surface area contributed by atoms with Crippen LogP contribution < -0.4 is 10.1 Å². The highest BCUT2D eigenvalue weighted by Gasteiger charge is 2.22. The maximum Gasteiger partial charge on any atom is 0.233 e. The van der Waals surface area contributed by atoms with Gasteiger partial charge in [0, 0.05) is 12.6 Å². The van der Waals surface area contributed by atoms with E-state index in [1.54, 1.807) is 7.11 Å². The van der Waals surface area contributed by atoms with Gasteiger partial charge in [-0.25, -0.2) is 0 Å². The molecule has 30 heavy (non-hydrogen) atoms. The number of aromatic nitrogens is 3. The highest BCUT2D eigenvalue weighted by Crippen LogP contribution is 2.27. The average molecular weight is 425 g/mol. The third kappa shape index (κ3) is 5.21. The lowest BCUT2D eigenvalue weighted by molar-refractivity contribution is -0.121. The number of amides is 1. The molecule has 0 fully saturated rings. The molecule has 0 aliphatic carbocycles. The minimum atomic E-state index is -0.292. The Labute approximate surface area is 182 Å². The van der Waals surface area contributed by atoms with E-state index in [9.17, 15) is 4.79 Å². The Balaban J connectivity index is 1.68. The second-order valence-electron chi connectivity index (χ2n) is 7.11. The summed E-state index contributed by atoms with van der Waals surface area (Å²) in [5.41, 5.74) is 2.08. The number of hydrogen-bond donors (Lipinski definition) is 1. The van der Waals surface area contributed by atoms with Crippen molar-refractivity contribution in [2.45, 2.75) is 43.1 Å². The fourth-order valence-corrected chi connectivity index (χ4v) is 4.03. The first-order chi connectivity index (χ1) is 14.5. The number of nitrogens with zero attached hydrogens (tertiary/aromatic N) is 3. The van der Waals surface area contributed by atoms with Crippen molar-refractivity contribution in [2.24, 2.45) is 7.05 Å². The Morgan fingerprint density at radius 3 is 2.47 bits per heavy atom. The van der Waals surface area contributed by atoms with Crippen molar-refractivity contribution in [1.82, 2.24) is 20.1 Å². The number of methoxy groups -OCH3 is 1. The summed E-state index contributed by atoms with van der Waals surface area (Å²) < 4.78 is 7.12. The molecule has 0 aliphatic heterocycles. The van der Waals surface area contributed by atoms with Gasteiger partial charge in [0.25, 0.3) is 0 Å². The molecule has 1 amide bonds. The molecule has 2 atom stereocenters. The molecule has 7 heteroatoms. The highest BCUT2D eigenvalue weighted by molar-refractivity contribution is 8.00. The number of carbonyl (C=O) groups excluding carboxylic acids is 1. The molecule has 2 aromatic carbocycles. The van der Waals surface area contributed by atoms with Crippen LogP contribution in [0.2, 0.25) is 0 Å². The van der Waals surface area contributed by atoms with Crippen LogP contribution in [0.5, 0.6) is 5.75 Å². The van der Waals surface area contributed by atoms with Gasteiger partial charge in [-0.2, -0.15) is 0 Å². The highest BCUT2D eigenvalue weighted by atomic mass is 32.2. The van der Waals surface area contributed by atoms with E-state index in [0.29, 0.717) is 5.16 Å². The van der Waals surface area contributed by atoms with Crippen molar-refractivity contribution in [3.05, 3.63) is 60.2 Å². The van der Waals surface area contributed by atoms with Crippen molar-refractivity contribution in [2.75, 3.05) is 7.11 Å². The Hall–Kier alpha value is -2.80. The summed E-state index contributed by atoms with van der Waals surface area (Å²) in [6.45, 7) is 4.02. The summed E-state index contributed by atoms with van der Waals surface area (Å²) in [6, 6.07) is 17.8. The van der Waals surface area contributed by atoms with Crippen LogP contribution in [0.3, 0.4) is 0 Å². The Kier molecular flexibility index (Phi) is 7.52. The van der Waals surface area contributed by atoms with E-state index in [0.717, 1.165) is 35.5 Å². The van der Waals surface area contributed by atoms with E-state index >= 15 is 0 Å². The topological polar surface area (TPSA) is 69.0 Å². The third-order valence-electron chi connectivity index (χ3n) is 4.93. The van der Waals surface area contributed by atoms with Crippen molar-refractivity contribution in [3.63, 3.8) is 0 Å². The number of ether oxygens (including phenoxy) is 1. The quantitative estimate of drug-likeness (QED) is 0.507. The van der Waals surface area contributed by atoms with Crippen molar-refractivity contribution in [1.29, 1.82) is 0 Å². The summed E-state index contributed by atoms with van der Waals surface area (Å²) >= 11 is 1.41. The van der Waals surface area contributed by atoms with Gasteiger partial charge in [-0.3, -0.25) is 4.79 Å². The lowest BCUT2D eigenvalue weighted by Crippen LogP contribution is -2.34. The molecule has 0 spiro atoms. The normalized spacial score (nSPS) is 12.9. The first-order valence-electron chi connectivity index (χ1n) is 10.1. The third-order valence-corrected chi connectivity index (χ3v) is 6.06. The van der Waals surface area contributed by atoms with Crippen molar-refractivity contribution < 1.29 is 9.53 Å². The monoisotopic (exact) mass is 424 g/mol. The van der Waals surface area contributed by atoms with Crippen LogP contribution in [-0.2, 0) is 11.8 Å². The Morgan fingerprint density at radius 2 is 1.83 bits per heavy atom. The summed E-state index contributed by atoms with van der Waals surface area (Å²) in [5, 5.41) is 12.2. The lowest BCUT2D eigenvalue weighted by atomic mass is 10.0. The molecule has 158 valence electrons. The van der Waals surface area contributed by atoms with E-state index in [4.69, 9.17) is 4.74 Å². The Morgan fingerprint density at radius 1 is 1.13 bits per heavy atom. The second-order valence-corrected chi connectivity index (χ2v) is 8.42. The summed E-state index contributed by atoms with van der Waals surface area (Å²) in [7, 11) is 3.55. The van der Waals surface area contributed by atoms with Gasteiger partial charge in [-0.05, 0) is 43.2 Å². The minimum absolute atomic E-state index is 0.00343. The molecule has 1 heterocycles. The summed E-state index contributed by atoms with van der Waals surface area (Å²) in [5.74, 6) is 1.54. The number of rotatable bonds is 9. The molecule has 0 saturated carbocycles. The van der Waals surface area contributed by atoms with Crippen LogP contribution >= 0.6 is 11.8 Å². The zero-order chi connectivity index (χ0) is 21.5. The molecule has 0 radical (unpaired) electrons. The number of nitrogens with one attached hydrogen (secondary N) is 1. The number of hydrogen-bond acceptors (Lipinski definition) is 5. The first kappa shape index (κ1) is 21.9. The smallest absolute Gasteiger partial charge is 0.233 e. The van der Waals surface area contributed by atoms with E-state index in [-0.39, 0.29) is 17.2 Å². The van der Waals surface area contributed by atoms with Gasteiger partial charge in [-0.1, -0.05) is 55.4 Å².